The van der Waals surface area contributed by atoms with Gasteiger partial charge < -0.3 is 19.7 Å². The average molecular weight is 509 g/mol. The molecule has 0 aromatic heterocycles. The number of rotatable bonds is 13. The molecule has 0 heterocycles. The Morgan fingerprint density at radius 2 is 1.74 bits per heavy atom. The fraction of sp³-hybridized carbons (Fsp3) is 0.462. The number of nitrogens with zero attached hydrogens (tertiary/aromatic N) is 1. The van der Waals surface area contributed by atoms with Gasteiger partial charge in [0.1, 0.15) is 17.5 Å². The summed E-state index contributed by atoms with van der Waals surface area (Å²) in [5.74, 6) is 1.48. The molecule has 2 aromatic rings. The highest BCUT2D eigenvalue weighted by molar-refractivity contribution is 6.35. The summed E-state index contributed by atoms with van der Waals surface area (Å²) >= 11 is 12.4. The molecule has 0 spiro atoms. The molecule has 6 nitrogen and oxygen atoms in total. The molecule has 0 aliphatic heterocycles. The zero-order valence-electron chi connectivity index (χ0n) is 20.3. The first kappa shape index (κ1) is 27.8. The summed E-state index contributed by atoms with van der Waals surface area (Å²) in [6.07, 6.45) is 1.25. The van der Waals surface area contributed by atoms with Gasteiger partial charge in [-0.3, -0.25) is 9.59 Å². The summed E-state index contributed by atoms with van der Waals surface area (Å²) in [5.41, 5.74) is 0.740. The zero-order valence-corrected chi connectivity index (χ0v) is 21.8. The van der Waals surface area contributed by atoms with Gasteiger partial charge in [0.25, 0.3) is 0 Å². The SMILES string of the molecule is CCC(C(=O)NCC(C)C)N(Cc1ccc(Cl)cc1Cl)C(=O)CCCOc1ccc(OC)cc1. The standard InChI is InChI=1S/C26H34Cl2N2O4/c1-5-24(26(32)29-16-18(2)3)30(17-19-8-9-20(27)15-23(19)28)25(31)7-6-14-34-22-12-10-21(33-4)11-13-22/h8-13,15,18,24H,5-7,14,16-17H2,1-4H3,(H,29,32). The molecule has 0 aliphatic carbocycles. The Labute approximate surface area is 212 Å². The Kier molecular flexibility index (Phi) is 11.5. The van der Waals surface area contributed by atoms with Crippen LogP contribution in [-0.4, -0.2) is 43.0 Å². The van der Waals surface area contributed by atoms with Crippen molar-refractivity contribution in [2.24, 2.45) is 5.92 Å². The summed E-state index contributed by atoms with van der Waals surface area (Å²) in [4.78, 5) is 27.8. The van der Waals surface area contributed by atoms with E-state index in [1.807, 2.05) is 45.0 Å². The Morgan fingerprint density at radius 3 is 2.32 bits per heavy atom. The normalized spacial score (nSPS) is 11.7. The van der Waals surface area contributed by atoms with E-state index < -0.39 is 6.04 Å². The first-order valence-electron chi connectivity index (χ1n) is 11.5. The second-order valence-corrected chi connectivity index (χ2v) is 9.29. The summed E-state index contributed by atoms with van der Waals surface area (Å²) in [5, 5.41) is 3.94. The second kappa shape index (κ2) is 14.1. The van der Waals surface area contributed by atoms with E-state index in [2.05, 4.69) is 5.32 Å². The van der Waals surface area contributed by atoms with E-state index in [4.69, 9.17) is 32.7 Å². The molecular formula is C26H34Cl2N2O4. The van der Waals surface area contributed by atoms with Crippen LogP contribution in [0.5, 0.6) is 11.5 Å². The number of halogens is 2. The van der Waals surface area contributed by atoms with E-state index in [9.17, 15) is 9.59 Å². The van der Waals surface area contributed by atoms with Crippen LogP contribution in [-0.2, 0) is 16.1 Å². The number of amides is 2. The maximum atomic E-state index is 13.3. The monoisotopic (exact) mass is 508 g/mol. The van der Waals surface area contributed by atoms with Crippen molar-refractivity contribution in [3.8, 4) is 11.5 Å². The van der Waals surface area contributed by atoms with Gasteiger partial charge in [0, 0.05) is 29.6 Å². The van der Waals surface area contributed by atoms with Gasteiger partial charge in [-0.2, -0.15) is 0 Å². The van der Waals surface area contributed by atoms with Crippen molar-refractivity contribution < 1.29 is 19.1 Å². The molecule has 0 radical (unpaired) electrons. The lowest BCUT2D eigenvalue weighted by molar-refractivity contribution is -0.141. The summed E-state index contributed by atoms with van der Waals surface area (Å²) < 4.78 is 10.9. The largest absolute Gasteiger partial charge is 0.497 e. The van der Waals surface area contributed by atoms with Gasteiger partial charge in [0.15, 0.2) is 0 Å². The fourth-order valence-electron chi connectivity index (χ4n) is 3.40. The lowest BCUT2D eigenvalue weighted by atomic mass is 10.1. The van der Waals surface area contributed by atoms with Crippen molar-refractivity contribution in [1.29, 1.82) is 0 Å². The van der Waals surface area contributed by atoms with Crippen LogP contribution in [0.4, 0.5) is 0 Å². The van der Waals surface area contributed by atoms with Crippen LogP contribution >= 0.6 is 23.2 Å². The first-order valence-corrected chi connectivity index (χ1v) is 12.3. The number of methoxy groups -OCH3 is 1. The van der Waals surface area contributed by atoms with Gasteiger partial charge in [0.2, 0.25) is 11.8 Å². The van der Waals surface area contributed by atoms with Crippen molar-refractivity contribution >= 4 is 35.0 Å². The minimum absolute atomic E-state index is 0.129. The molecule has 1 unspecified atom stereocenters. The molecule has 2 aromatic carbocycles. The predicted octanol–water partition coefficient (Wildman–Crippen LogP) is 5.74. The summed E-state index contributed by atoms with van der Waals surface area (Å²) in [6, 6.07) is 11.8. The lowest BCUT2D eigenvalue weighted by Gasteiger charge is -2.31. The Balaban J connectivity index is 2.07. The smallest absolute Gasteiger partial charge is 0.242 e. The van der Waals surface area contributed by atoms with Crippen molar-refractivity contribution in [3.63, 3.8) is 0 Å². The molecule has 0 saturated heterocycles. The van der Waals surface area contributed by atoms with Crippen LogP contribution in [0, 0.1) is 5.92 Å². The van der Waals surface area contributed by atoms with Crippen LogP contribution in [0.15, 0.2) is 42.5 Å². The summed E-state index contributed by atoms with van der Waals surface area (Å²) in [7, 11) is 1.61. The number of ether oxygens (including phenoxy) is 2. The highest BCUT2D eigenvalue weighted by Crippen LogP contribution is 2.24. The molecule has 34 heavy (non-hydrogen) atoms. The lowest BCUT2D eigenvalue weighted by Crippen LogP contribution is -2.49. The molecule has 0 saturated carbocycles. The maximum Gasteiger partial charge on any atom is 0.242 e. The number of hydrogen-bond acceptors (Lipinski definition) is 4. The van der Waals surface area contributed by atoms with Gasteiger partial charge in [-0.25, -0.2) is 0 Å². The fourth-order valence-corrected chi connectivity index (χ4v) is 3.87. The predicted molar refractivity (Wildman–Crippen MR) is 137 cm³/mol. The van der Waals surface area contributed by atoms with Crippen molar-refractivity contribution in [3.05, 3.63) is 58.1 Å². The van der Waals surface area contributed by atoms with E-state index in [1.54, 1.807) is 30.2 Å². The highest BCUT2D eigenvalue weighted by atomic mass is 35.5. The Morgan fingerprint density at radius 1 is 1.06 bits per heavy atom. The van der Waals surface area contributed by atoms with Crippen LogP contribution in [0.2, 0.25) is 10.0 Å². The molecule has 1 atom stereocenters. The molecule has 0 aliphatic rings. The van der Waals surface area contributed by atoms with Crippen LogP contribution in [0.1, 0.15) is 45.6 Å². The third-order valence-corrected chi connectivity index (χ3v) is 5.88. The minimum Gasteiger partial charge on any atom is -0.497 e. The molecule has 8 heteroatoms. The Hall–Kier alpha value is -2.44. The Bertz CT molecular complexity index is 935. The second-order valence-electron chi connectivity index (χ2n) is 8.45. The first-order chi connectivity index (χ1) is 16.2. The van der Waals surface area contributed by atoms with Gasteiger partial charge >= 0.3 is 0 Å². The average Bonchev–Trinajstić information content (AvgIpc) is 2.81. The van der Waals surface area contributed by atoms with E-state index >= 15 is 0 Å². The molecule has 2 rings (SSSR count). The van der Waals surface area contributed by atoms with Crippen molar-refractivity contribution in [1.82, 2.24) is 10.2 Å². The van der Waals surface area contributed by atoms with Gasteiger partial charge in [-0.15, -0.1) is 0 Å². The third kappa shape index (κ3) is 8.73. The molecular weight excluding hydrogens is 475 g/mol. The van der Waals surface area contributed by atoms with Crippen molar-refractivity contribution in [2.75, 3.05) is 20.3 Å². The molecule has 0 bridgehead atoms. The number of nitrogens with one attached hydrogen (secondary N) is 1. The zero-order chi connectivity index (χ0) is 25.1. The van der Waals surface area contributed by atoms with E-state index in [0.29, 0.717) is 47.7 Å². The number of carbonyl (C=O) groups is 2. The van der Waals surface area contributed by atoms with Crippen LogP contribution in [0.25, 0.3) is 0 Å². The number of benzene rings is 2. The van der Waals surface area contributed by atoms with E-state index in [1.165, 1.54) is 0 Å². The quantitative estimate of drug-likeness (QED) is 0.350. The highest BCUT2D eigenvalue weighted by Gasteiger charge is 2.28. The summed E-state index contributed by atoms with van der Waals surface area (Å²) in [6.45, 7) is 7.11. The third-order valence-electron chi connectivity index (χ3n) is 5.29. The van der Waals surface area contributed by atoms with Gasteiger partial charge in [0.05, 0.1) is 13.7 Å². The van der Waals surface area contributed by atoms with Crippen LogP contribution < -0.4 is 14.8 Å². The van der Waals surface area contributed by atoms with E-state index in [0.717, 1.165) is 11.3 Å². The van der Waals surface area contributed by atoms with E-state index in [-0.39, 0.29) is 24.8 Å². The minimum atomic E-state index is -0.597. The molecule has 186 valence electrons. The molecule has 2 amide bonds. The van der Waals surface area contributed by atoms with Crippen LogP contribution in [0.3, 0.4) is 0 Å². The number of hydrogen-bond donors (Lipinski definition) is 1. The molecule has 0 fully saturated rings. The number of carbonyl (C=O) groups excluding carboxylic acids is 2. The maximum absolute atomic E-state index is 13.3. The van der Waals surface area contributed by atoms with Gasteiger partial charge in [-0.05, 0) is 60.7 Å². The van der Waals surface area contributed by atoms with Gasteiger partial charge in [-0.1, -0.05) is 50.0 Å². The molecule has 1 N–H and O–H groups in total. The van der Waals surface area contributed by atoms with Crippen molar-refractivity contribution in [2.45, 2.75) is 52.6 Å². The topological polar surface area (TPSA) is 67.9 Å².